The molecular weight excluding hydrogens is 266 g/mol. The fourth-order valence-corrected chi connectivity index (χ4v) is 2.43. The van der Waals surface area contributed by atoms with Crippen LogP contribution in [0.15, 0.2) is 12.2 Å². The molecular formula is C17H29NO3. The topological polar surface area (TPSA) is 46.6 Å². The predicted molar refractivity (Wildman–Crippen MR) is 83.9 cm³/mol. The van der Waals surface area contributed by atoms with Gasteiger partial charge in [-0.05, 0) is 32.1 Å². The third kappa shape index (κ3) is 8.53. The van der Waals surface area contributed by atoms with Gasteiger partial charge in [-0.25, -0.2) is 4.79 Å². The van der Waals surface area contributed by atoms with E-state index in [9.17, 15) is 9.59 Å². The molecule has 1 fully saturated rings. The Hall–Kier alpha value is -1.32. The molecule has 1 aliphatic heterocycles. The number of likely N-dealkylation sites (tertiary alicyclic amines) is 1. The Morgan fingerprint density at radius 2 is 1.86 bits per heavy atom. The van der Waals surface area contributed by atoms with Crippen LogP contribution < -0.4 is 0 Å². The van der Waals surface area contributed by atoms with Crippen molar-refractivity contribution in [3.63, 3.8) is 0 Å². The molecule has 0 aliphatic carbocycles. The van der Waals surface area contributed by atoms with Gasteiger partial charge in [-0.2, -0.15) is 0 Å². The SMILES string of the molecule is CCCCCCOC(=O)/C=C/CCCC(=O)N1CCCC1. The lowest BCUT2D eigenvalue weighted by Crippen LogP contribution is -2.27. The summed E-state index contributed by atoms with van der Waals surface area (Å²) in [5.41, 5.74) is 0. The summed E-state index contributed by atoms with van der Waals surface area (Å²) in [7, 11) is 0. The van der Waals surface area contributed by atoms with Gasteiger partial charge in [0, 0.05) is 25.6 Å². The molecule has 0 aromatic carbocycles. The Kier molecular flexibility index (Phi) is 9.58. The van der Waals surface area contributed by atoms with Gasteiger partial charge in [-0.3, -0.25) is 4.79 Å². The second-order valence-corrected chi connectivity index (χ2v) is 5.61. The van der Waals surface area contributed by atoms with Gasteiger partial charge in [0.05, 0.1) is 6.61 Å². The summed E-state index contributed by atoms with van der Waals surface area (Å²) in [6.45, 7) is 4.50. The molecule has 21 heavy (non-hydrogen) atoms. The predicted octanol–water partition coefficient (Wildman–Crippen LogP) is 3.46. The summed E-state index contributed by atoms with van der Waals surface area (Å²) >= 11 is 0. The van der Waals surface area contributed by atoms with Gasteiger partial charge in [0.15, 0.2) is 0 Å². The maximum absolute atomic E-state index is 11.8. The van der Waals surface area contributed by atoms with Gasteiger partial charge in [0.2, 0.25) is 5.91 Å². The van der Waals surface area contributed by atoms with E-state index in [1.807, 2.05) is 11.0 Å². The average molecular weight is 295 g/mol. The van der Waals surface area contributed by atoms with Crippen LogP contribution in [-0.4, -0.2) is 36.5 Å². The van der Waals surface area contributed by atoms with Crippen molar-refractivity contribution in [2.24, 2.45) is 0 Å². The molecule has 0 aromatic heterocycles. The van der Waals surface area contributed by atoms with Crippen molar-refractivity contribution in [3.8, 4) is 0 Å². The lowest BCUT2D eigenvalue weighted by molar-refractivity contribution is -0.137. The summed E-state index contributed by atoms with van der Waals surface area (Å²) in [5, 5.41) is 0. The standard InChI is InChI=1S/C17H29NO3/c1-2-3-4-10-15-21-17(20)12-7-5-6-11-16(19)18-13-8-9-14-18/h7,12H,2-6,8-11,13-15H2,1H3/b12-7+. The van der Waals surface area contributed by atoms with Crippen molar-refractivity contribution in [1.82, 2.24) is 4.90 Å². The van der Waals surface area contributed by atoms with Gasteiger partial charge in [-0.15, -0.1) is 0 Å². The van der Waals surface area contributed by atoms with E-state index in [4.69, 9.17) is 4.74 Å². The molecule has 0 spiro atoms. The van der Waals surface area contributed by atoms with Crippen molar-refractivity contribution >= 4 is 11.9 Å². The van der Waals surface area contributed by atoms with Crippen LogP contribution >= 0.6 is 0 Å². The van der Waals surface area contributed by atoms with Crippen LogP contribution in [0.4, 0.5) is 0 Å². The molecule has 0 bridgehead atoms. The first-order valence-electron chi connectivity index (χ1n) is 8.35. The van der Waals surface area contributed by atoms with Crippen molar-refractivity contribution in [1.29, 1.82) is 0 Å². The molecule has 0 saturated carbocycles. The van der Waals surface area contributed by atoms with Crippen LogP contribution in [0.25, 0.3) is 0 Å². The number of rotatable bonds is 10. The molecule has 0 radical (unpaired) electrons. The first-order valence-corrected chi connectivity index (χ1v) is 8.35. The Labute approximate surface area is 128 Å². The van der Waals surface area contributed by atoms with Gasteiger partial charge in [-0.1, -0.05) is 32.3 Å². The number of esters is 1. The highest BCUT2D eigenvalue weighted by atomic mass is 16.5. The van der Waals surface area contributed by atoms with Crippen LogP contribution in [0.5, 0.6) is 0 Å². The monoisotopic (exact) mass is 295 g/mol. The van der Waals surface area contributed by atoms with Crippen molar-refractivity contribution in [2.45, 2.75) is 64.7 Å². The maximum Gasteiger partial charge on any atom is 0.330 e. The van der Waals surface area contributed by atoms with E-state index < -0.39 is 0 Å². The lowest BCUT2D eigenvalue weighted by Gasteiger charge is -2.14. The molecule has 0 aromatic rings. The molecule has 4 nitrogen and oxygen atoms in total. The van der Waals surface area contributed by atoms with Crippen LogP contribution in [-0.2, 0) is 14.3 Å². The van der Waals surface area contributed by atoms with Gasteiger partial charge in [0.1, 0.15) is 0 Å². The minimum Gasteiger partial charge on any atom is -0.463 e. The molecule has 120 valence electrons. The van der Waals surface area contributed by atoms with Gasteiger partial charge < -0.3 is 9.64 Å². The van der Waals surface area contributed by atoms with Crippen molar-refractivity contribution < 1.29 is 14.3 Å². The number of hydrogen-bond acceptors (Lipinski definition) is 3. The zero-order valence-electron chi connectivity index (χ0n) is 13.3. The summed E-state index contributed by atoms with van der Waals surface area (Å²) in [5.74, 6) is -0.0169. The molecule has 1 saturated heterocycles. The highest BCUT2D eigenvalue weighted by molar-refractivity contribution is 5.81. The maximum atomic E-state index is 11.8. The number of allylic oxidation sites excluding steroid dienone is 1. The van der Waals surface area contributed by atoms with Crippen LogP contribution in [0.1, 0.15) is 64.7 Å². The third-order valence-electron chi connectivity index (χ3n) is 3.72. The van der Waals surface area contributed by atoms with Crippen LogP contribution in [0.2, 0.25) is 0 Å². The quantitative estimate of drug-likeness (QED) is 0.352. The molecule has 1 heterocycles. The van der Waals surface area contributed by atoms with E-state index in [0.717, 1.165) is 51.6 Å². The van der Waals surface area contributed by atoms with Gasteiger partial charge >= 0.3 is 5.97 Å². The molecule has 1 rings (SSSR count). The van der Waals surface area contributed by atoms with E-state index in [0.29, 0.717) is 13.0 Å². The van der Waals surface area contributed by atoms with Crippen LogP contribution in [0, 0.1) is 0 Å². The molecule has 0 atom stereocenters. The Bertz CT molecular complexity index is 333. The number of nitrogens with zero attached hydrogens (tertiary/aromatic N) is 1. The fourth-order valence-electron chi connectivity index (χ4n) is 2.43. The highest BCUT2D eigenvalue weighted by Crippen LogP contribution is 2.10. The Morgan fingerprint density at radius 1 is 1.10 bits per heavy atom. The summed E-state index contributed by atoms with van der Waals surface area (Å²) in [6.07, 6.45) is 12.1. The second kappa shape index (κ2) is 11.4. The first kappa shape index (κ1) is 17.7. The molecule has 4 heteroatoms. The Balaban J connectivity index is 1.98. The molecule has 1 amide bonds. The zero-order valence-corrected chi connectivity index (χ0v) is 13.3. The average Bonchev–Trinajstić information content (AvgIpc) is 3.01. The number of amides is 1. The zero-order chi connectivity index (χ0) is 15.3. The minimum atomic E-state index is -0.266. The van der Waals surface area contributed by atoms with E-state index >= 15 is 0 Å². The van der Waals surface area contributed by atoms with Crippen LogP contribution in [0.3, 0.4) is 0 Å². The Morgan fingerprint density at radius 3 is 2.57 bits per heavy atom. The lowest BCUT2D eigenvalue weighted by atomic mass is 10.2. The van der Waals surface area contributed by atoms with E-state index in [-0.39, 0.29) is 11.9 Å². The largest absolute Gasteiger partial charge is 0.463 e. The van der Waals surface area contributed by atoms with Gasteiger partial charge in [0.25, 0.3) is 0 Å². The molecule has 1 aliphatic rings. The number of carbonyl (C=O) groups excluding carboxylic acids is 2. The summed E-state index contributed by atoms with van der Waals surface area (Å²) in [6, 6.07) is 0. The summed E-state index contributed by atoms with van der Waals surface area (Å²) < 4.78 is 5.10. The normalized spacial score (nSPS) is 14.8. The number of ether oxygens (including phenoxy) is 1. The highest BCUT2D eigenvalue weighted by Gasteiger charge is 2.16. The van der Waals surface area contributed by atoms with E-state index in [2.05, 4.69) is 6.92 Å². The number of carbonyl (C=O) groups is 2. The van der Waals surface area contributed by atoms with E-state index in [1.165, 1.54) is 18.9 Å². The molecule has 0 N–H and O–H groups in total. The third-order valence-corrected chi connectivity index (χ3v) is 3.72. The molecule has 0 unspecified atom stereocenters. The number of unbranched alkanes of at least 4 members (excludes halogenated alkanes) is 4. The number of hydrogen-bond donors (Lipinski definition) is 0. The smallest absolute Gasteiger partial charge is 0.330 e. The first-order chi connectivity index (χ1) is 10.2. The van der Waals surface area contributed by atoms with Crippen molar-refractivity contribution in [3.05, 3.63) is 12.2 Å². The van der Waals surface area contributed by atoms with Crippen molar-refractivity contribution in [2.75, 3.05) is 19.7 Å². The summed E-state index contributed by atoms with van der Waals surface area (Å²) in [4.78, 5) is 25.1. The second-order valence-electron chi connectivity index (χ2n) is 5.61. The minimum absolute atomic E-state index is 0.249. The van der Waals surface area contributed by atoms with E-state index in [1.54, 1.807) is 0 Å². The fraction of sp³-hybridized carbons (Fsp3) is 0.765.